The van der Waals surface area contributed by atoms with Crippen LogP contribution < -0.4 is 5.56 Å². The highest BCUT2D eigenvalue weighted by molar-refractivity contribution is 7.89. The van der Waals surface area contributed by atoms with E-state index < -0.39 is 21.7 Å². The first kappa shape index (κ1) is 20.6. The summed E-state index contributed by atoms with van der Waals surface area (Å²) in [6, 6.07) is 9.40. The Bertz CT molecular complexity index is 1250. The van der Waals surface area contributed by atoms with Crippen LogP contribution in [0.3, 0.4) is 0 Å². The topological polar surface area (TPSA) is 86.4 Å². The van der Waals surface area contributed by atoms with Gasteiger partial charge in [-0.3, -0.25) is 9.69 Å². The van der Waals surface area contributed by atoms with Gasteiger partial charge >= 0.3 is 0 Å². The lowest BCUT2D eigenvalue weighted by Gasteiger charge is -2.36. The number of hydrogen-bond donors (Lipinski definition) is 1. The maximum absolute atomic E-state index is 13.5. The lowest BCUT2D eigenvalue weighted by atomic mass is 10.2. The van der Waals surface area contributed by atoms with Crippen LogP contribution in [-0.4, -0.2) is 53.8 Å². The number of rotatable bonds is 4. The quantitative estimate of drug-likeness (QED) is 0.681. The summed E-state index contributed by atoms with van der Waals surface area (Å²) in [5.74, 6) is -1.78. The van der Waals surface area contributed by atoms with E-state index in [0.29, 0.717) is 35.9 Å². The third kappa shape index (κ3) is 3.73. The van der Waals surface area contributed by atoms with E-state index in [0.717, 1.165) is 12.1 Å². The maximum Gasteiger partial charge on any atom is 0.258 e. The highest BCUT2D eigenvalue weighted by Crippen LogP contribution is 2.23. The highest BCUT2D eigenvalue weighted by atomic mass is 32.2. The molecule has 0 amide bonds. The van der Waals surface area contributed by atoms with Crippen LogP contribution >= 0.6 is 0 Å². The molecule has 2 aromatic carbocycles. The Morgan fingerprint density at radius 1 is 1.03 bits per heavy atom. The molecule has 1 saturated heterocycles. The molecule has 30 heavy (non-hydrogen) atoms. The molecule has 10 heteroatoms. The predicted octanol–water partition coefficient (Wildman–Crippen LogP) is 2.27. The number of hydrogen-bond acceptors (Lipinski definition) is 5. The number of H-pyrrole nitrogens is 1. The molecule has 1 fully saturated rings. The van der Waals surface area contributed by atoms with Gasteiger partial charge < -0.3 is 4.98 Å². The van der Waals surface area contributed by atoms with E-state index in [9.17, 15) is 22.0 Å². The van der Waals surface area contributed by atoms with Gasteiger partial charge in [-0.15, -0.1) is 0 Å². The monoisotopic (exact) mass is 434 g/mol. The molecule has 1 aliphatic rings. The predicted molar refractivity (Wildman–Crippen MR) is 107 cm³/mol. The fourth-order valence-corrected chi connectivity index (χ4v) is 5.03. The lowest BCUT2D eigenvalue weighted by molar-refractivity contribution is 0.141. The Hall–Kier alpha value is -2.69. The number of aromatic nitrogens is 2. The van der Waals surface area contributed by atoms with Crippen molar-refractivity contribution in [1.82, 2.24) is 19.2 Å². The Labute approximate surface area is 172 Å². The van der Waals surface area contributed by atoms with E-state index in [1.165, 1.54) is 4.31 Å². The van der Waals surface area contributed by atoms with E-state index in [1.807, 2.05) is 17.9 Å². The zero-order valence-electron chi connectivity index (χ0n) is 16.2. The standard InChI is InChI=1S/C20H20F2N4O3S/c1-13(19-23-18-5-3-2-4-15(18)20(27)24-19)25-8-10-26(11-9-25)30(28,29)14-6-7-16(21)17(22)12-14/h2-7,12-13H,8-11H2,1H3,(H,23,24,27). The second-order valence-electron chi connectivity index (χ2n) is 7.16. The molecule has 0 bridgehead atoms. The molecule has 1 aromatic heterocycles. The number of para-hydroxylation sites is 1. The minimum Gasteiger partial charge on any atom is -0.309 e. The molecule has 0 spiro atoms. The van der Waals surface area contributed by atoms with Crippen molar-refractivity contribution in [3.63, 3.8) is 0 Å². The number of piperazine rings is 1. The normalized spacial score (nSPS) is 17.3. The van der Waals surface area contributed by atoms with Gasteiger partial charge in [0.2, 0.25) is 10.0 Å². The first-order valence-electron chi connectivity index (χ1n) is 9.45. The molecule has 0 saturated carbocycles. The van der Waals surface area contributed by atoms with Crippen LogP contribution in [0.1, 0.15) is 18.8 Å². The number of halogens is 2. The molecule has 1 unspecified atom stereocenters. The van der Waals surface area contributed by atoms with E-state index in [1.54, 1.807) is 18.2 Å². The summed E-state index contributed by atoms with van der Waals surface area (Å²) in [7, 11) is -3.92. The molecule has 0 radical (unpaired) electrons. The van der Waals surface area contributed by atoms with Crippen LogP contribution in [0, 0.1) is 11.6 Å². The van der Waals surface area contributed by atoms with Gasteiger partial charge in [-0.05, 0) is 37.3 Å². The van der Waals surface area contributed by atoms with Crippen LogP contribution in [0.4, 0.5) is 8.78 Å². The third-order valence-electron chi connectivity index (χ3n) is 5.38. The summed E-state index contributed by atoms with van der Waals surface area (Å²) < 4.78 is 53.4. The van der Waals surface area contributed by atoms with Crippen LogP contribution in [0.2, 0.25) is 0 Å². The van der Waals surface area contributed by atoms with Crippen molar-refractivity contribution in [3.05, 3.63) is 70.3 Å². The lowest BCUT2D eigenvalue weighted by Crippen LogP contribution is -2.49. The molecule has 0 aliphatic carbocycles. The maximum atomic E-state index is 13.5. The molecule has 1 atom stereocenters. The van der Waals surface area contributed by atoms with Gasteiger partial charge in [0.1, 0.15) is 5.82 Å². The van der Waals surface area contributed by atoms with Crippen LogP contribution in [0.15, 0.2) is 52.2 Å². The van der Waals surface area contributed by atoms with Gasteiger partial charge in [0.05, 0.1) is 21.8 Å². The molecule has 7 nitrogen and oxygen atoms in total. The van der Waals surface area contributed by atoms with Gasteiger partial charge in [-0.1, -0.05) is 12.1 Å². The van der Waals surface area contributed by atoms with Crippen LogP contribution in [0.5, 0.6) is 0 Å². The second-order valence-corrected chi connectivity index (χ2v) is 9.10. The van der Waals surface area contributed by atoms with E-state index in [-0.39, 0.29) is 29.6 Å². The summed E-state index contributed by atoms with van der Waals surface area (Å²) in [6.07, 6.45) is 0. The van der Waals surface area contributed by atoms with Gasteiger partial charge in [-0.2, -0.15) is 4.31 Å². The summed E-state index contributed by atoms with van der Waals surface area (Å²) >= 11 is 0. The average molecular weight is 434 g/mol. The summed E-state index contributed by atoms with van der Waals surface area (Å²) in [4.78, 5) is 21.4. The number of sulfonamides is 1. The molecule has 158 valence electrons. The molecule has 2 heterocycles. The first-order chi connectivity index (χ1) is 14.3. The highest BCUT2D eigenvalue weighted by Gasteiger charge is 2.31. The van der Waals surface area contributed by atoms with Crippen molar-refractivity contribution >= 4 is 20.9 Å². The van der Waals surface area contributed by atoms with E-state index in [4.69, 9.17) is 0 Å². The Kier molecular flexibility index (Phi) is 5.39. The number of benzene rings is 2. The summed E-state index contributed by atoms with van der Waals surface area (Å²) in [5.41, 5.74) is 0.379. The number of aromatic amines is 1. The Morgan fingerprint density at radius 2 is 1.73 bits per heavy atom. The van der Waals surface area contributed by atoms with Crippen molar-refractivity contribution in [3.8, 4) is 0 Å². The number of nitrogens with zero attached hydrogens (tertiary/aromatic N) is 3. The first-order valence-corrected chi connectivity index (χ1v) is 10.9. The van der Waals surface area contributed by atoms with Gasteiger partial charge in [-0.25, -0.2) is 22.2 Å². The molecular weight excluding hydrogens is 414 g/mol. The molecule has 4 rings (SSSR count). The third-order valence-corrected chi connectivity index (χ3v) is 7.27. The smallest absolute Gasteiger partial charge is 0.258 e. The molecule has 1 aliphatic heterocycles. The second kappa shape index (κ2) is 7.86. The Balaban J connectivity index is 1.50. The van der Waals surface area contributed by atoms with Crippen molar-refractivity contribution in [2.24, 2.45) is 0 Å². The van der Waals surface area contributed by atoms with Crippen LogP contribution in [-0.2, 0) is 10.0 Å². The average Bonchev–Trinajstić information content (AvgIpc) is 2.75. The van der Waals surface area contributed by atoms with E-state index in [2.05, 4.69) is 9.97 Å². The largest absolute Gasteiger partial charge is 0.309 e. The van der Waals surface area contributed by atoms with Crippen molar-refractivity contribution in [2.75, 3.05) is 26.2 Å². The fraction of sp³-hybridized carbons (Fsp3) is 0.300. The molecule has 1 N–H and O–H groups in total. The molecular formula is C20H20F2N4O3S. The Morgan fingerprint density at radius 3 is 2.43 bits per heavy atom. The van der Waals surface area contributed by atoms with Crippen LogP contribution in [0.25, 0.3) is 10.9 Å². The van der Waals surface area contributed by atoms with Gasteiger partial charge in [0.25, 0.3) is 5.56 Å². The van der Waals surface area contributed by atoms with E-state index >= 15 is 0 Å². The molecule has 3 aromatic rings. The van der Waals surface area contributed by atoms with Crippen molar-refractivity contribution < 1.29 is 17.2 Å². The zero-order valence-corrected chi connectivity index (χ0v) is 17.0. The van der Waals surface area contributed by atoms with Crippen molar-refractivity contribution in [1.29, 1.82) is 0 Å². The number of fused-ring (bicyclic) bond motifs is 1. The number of nitrogens with one attached hydrogen (secondary N) is 1. The summed E-state index contributed by atoms with van der Waals surface area (Å²) in [5, 5.41) is 0.510. The SMILES string of the molecule is CC(c1nc2ccccc2c(=O)[nH]1)N1CCN(S(=O)(=O)c2ccc(F)c(F)c2)CC1. The van der Waals surface area contributed by atoms with Gasteiger partial charge in [0, 0.05) is 26.2 Å². The fourth-order valence-electron chi connectivity index (χ4n) is 3.59. The summed E-state index contributed by atoms with van der Waals surface area (Å²) in [6.45, 7) is 3.07. The van der Waals surface area contributed by atoms with Gasteiger partial charge in [0.15, 0.2) is 11.6 Å². The minimum atomic E-state index is -3.92. The minimum absolute atomic E-state index is 0.184. The van der Waals surface area contributed by atoms with Crippen molar-refractivity contribution in [2.45, 2.75) is 17.9 Å². The zero-order chi connectivity index (χ0) is 21.5.